The van der Waals surface area contributed by atoms with Crippen molar-refractivity contribution in [2.45, 2.75) is 44.7 Å². The second-order valence-electron chi connectivity index (χ2n) is 10.6. The summed E-state index contributed by atoms with van der Waals surface area (Å²) in [5.74, 6) is -3.94. The van der Waals surface area contributed by atoms with Crippen LogP contribution in [-0.2, 0) is 33.6 Å². The van der Waals surface area contributed by atoms with Crippen LogP contribution < -0.4 is 22.1 Å². The lowest BCUT2D eigenvalue weighted by molar-refractivity contribution is -0.140. The van der Waals surface area contributed by atoms with Crippen LogP contribution in [0.25, 0.3) is 11.4 Å². The van der Waals surface area contributed by atoms with Crippen LogP contribution in [0.4, 0.5) is 17.6 Å². The second kappa shape index (κ2) is 13.0. The maximum Gasteiger partial charge on any atom is 0.416 e. The monoisotopic (exact) mass is 646 g/mol. The number of halogens is 5. The van der Waals surface area contributed by atoms with Crippen LogP contribution in [-0.4, -0.2) is 37.6 Å². The summed E-state index contributed by atoms with van der Waals surface area (Å²) in [6, 6.07) is 13.9. The van der Waals surface area contributed by atoms with Gasteiger partial charge in [-0.05, 0) is 55.8 Å². The molecule has 10 nitrogen and oxygen atoms in total. The molecule has 3 aromatic carbocycles. The lowest BCUT2D eigenvalue weighted by atomic mass is 9.98. The van der Waals surface area contributed by atoms with Gasteiger partial charge in [0, 0.05) is 16.1 Å². The normalized spacial score (nSPS) is 12.4. The Morgan fingerprint density at radius 3 is 2.22 bits per heavy atom. The highest BCUT2D eigenvalue weighted by molar-refractivity contribution is 6.30. The minimum Gasteiger partial charge on any atom is -0.339 e. The first-order valence-corrected chi connectivity index (χ1v) is 13.7. The third-order valence-electron chi connectivity index (χ3n) is 6.57. The number of imide groups is 1. The van der Waals surface area contributed by atoms with Gasteiger partial charge in [0.1, 0.15) is 18.4 Å². The van der Waals surface area contributed by atoms with Gasteiger partial charge in [-0.1, -0.05) is 48.0 Å². The Hall–Kier alpha value is -4.82. The maximum atomic E-state index is 14.5. The third-order valence-corrected chi connectivity index (χ3v) is 6.82. The summed E-state index contributed by atoms with van der Waals surface area (Å²) in [6.45, 7) is 1.43. The Morgan fingerprint density at radius 1 is 0.978 bits per heavy atom. The summed E-state index contributed by atoms with van der Waals surface area (Å²) in [5, 5.41) is 8.73. The fraction of sp³-hybridized carbons (Fsp3) is 0.233. The van der Waals surface area contributed by atoms with E-state index in [9.17, 15) is 36.7 Å². The Bertz CT molecular complexity index is 1800. The molecule has 0 saturated carbocycles. The van der Waals surface area contributed by atoms with Crippen molar-refractivity contribution in [2.75, 3.05) is 0 Å². The van der Waals surface area contributed by atoms with Crippen LogP contribution in [0.5, 0.6) is 0 Å². The number of alkyl halides is 3. The number of hydrogen-bond donors (Lipinski definition) is 3. The zero-order valence-electron chi connectivity index (χ0n) is 23.9. The summed E-state index contributed by atoms with van der Waals surface area (Å²) in [4.78, 5) is 52.2. The number of carbonyl (C=O) groups is 3. The summed E-state index contributed by atoms with van der Waals surface area (Å²) in [5.41, 5.74) is 1.93. The van der Waals surface area contributed by atoms with Crippen LogP contribution in [0.2, 0.25) is 5.02 Å². The van der Waals surface area contributed by atoms with Crippen molar-refractivity contribution in [1.82, 2.24) is 25.0 Å². The van der Waals surface area contributed by atoms with Crippen molar-refractivity contribution in [1.29, 1.82) is 0 Å². The number of nitrogens with one attached hydrogen (secondary N) is 2. The van der Waals surface area contributed by atoms with Gasteiger partial charge >= 0.3 is 11.9 Å². The smallest absolute Gasteiger partial charge is 0.339 e. The van der Waals surface area contributed by atoms with Crippen molar-refractivity contribution in [3.8, 4) is 11.4 Å². The van der Waals surface area contributed by atoms with E-state index < -0.39 is 64.7 Å². The Morgan fingerprint density at radius 2 is 1.60 bits per heavy atom. The molecule has 4 N–H and O–H groups in total. The number of amides is 3. The minimum atomic E-state index is -4.92. The minimum absolute atomic E-state index is 0.0419. The number of rotatable bonds is 9. The Balaban J connectivity index is 1.71. The number of carbonyl (C=O) groups excluding carboxylic acids is 3. The maximum absolute atomic E-state index is 14.5. The number of hydrogen-bond acceptors (Lipinski definition) is 6. The topological polar surface area (TPSA) is 141 Å². The molecule has 3 amide bonds. The summed E-state index contributed by atoms with van der Waals surface area (Å²) in [7, 11) is 0. The van der Waals surface area contributed by atoms with Gasteiger partial charge in [-0.25, -0.2) is 13.9 Å². The van der Waals surface area contributed by atoms with Crippen molar-refractivity contribution in [3.05, 3.63) is 111 Å². The molecule has 1 unspecified atom stereocenters. The van der Waals surface area contributed by atoms with Gasteiger partial charge in [0.05, 0.1) is 17.6 Å². The highest BCUT2D eigenvalue weighted by atomic mass is 35.5. The highest BCUT2D eigenvalue weighted by Crippen LogP contribution is 2.34. The molecular formula is C30H27ClF4N6O4. The average molecular weight is 647 g/mol. The summed E-state index contributed by atoms with van der Waals surface area (Å²) in [6.07, 6.45) is -4.92. The lowest BCUT2D eigenvalue weighted by Gasteiger charge is -2.24. The predicted octanol–water partition coefficient (Wildman–Crippen LogP) is 3.81. The van der Waals surface area contributed by atoms with E-state index in [4.69, 9.17) is 17.3 Å². The SMILES string of the molecule is CC(C)(N)C(=O)NC(=O)C(NC(=O)Cn1nc(-c2ccc(Cl)cc2)n(Cc2ccccc2F)c1=O)c1ccccc1C(F)(F)F. The van der Waals surface area contributed by atoms with Crippen molar-refractivity contribution in [3.63, 3.8) is 0 Å². The molecule has 0 aliphatic carbocycles. The summed E-state index contributed by atoms with van der Waals surface area (Å²) < 4.78 is 58.0. The molecule has 0 radical (unpaired) electrons. The molecule has 4 aromatic rings. The van der Waals surface area contributed by atoms with Crippen LogP contribution in [0.3, 0.4) is 0 Å². The van der Waals surface area contributed by atoms with Crippen molar-refractivity contribution < 1.29 is 31.9 Å². The first kappa shape index (κ1) is 33.1. The summed E-state index contributed by atoms with van der Waals surface area (Å²) >= 11 is 5.99. The van der Waals surface area contributed by atoms with E-state index in [0.717, 1.165) is 21.4 Å². The third kappa shape index (κ3) is 7.83. The largest absolute Gasteiger partial charge is 0.416 e. The highest BCUT2D eigenvalue weighted by Gasteiger charge is 2.38. The van der Waals surface area contributed by atoms with E-state index >= 15 is 0 Å². The van der Waals surface area contributed by atoms with Crippen molar-refractivity contribution in [2.24, 2.45) is 5.73 Å². The second-order valence-corrected chi connectivity index (χ2v) is 11.0. The molecule has 45 heavy (non-hydrogen) atoms. The van der Waals surface area contributed by atoms with Gasteiger partial charge in [0.25, 0.3) is 5.91 Å². The van der Waals surface area contributed by atoms with Gasteiger partial charge in [-0.2, -0.15) is 13.2 Å². The number of aromatic nitrogens is 3. The number of nitrogens with zero attached hydrogens (tertiary/aromatic N) is 3. The van der Waals surface area contributed by atoms with E-state index in [1.54, 1.807) is 18.2 Å². The quantitative estimate of drug-likeness (QED) is 0.236. The lowest BCUT2D eigenvalue weighted by Crippen LogP contribution is -2.53. The average Bonchev–Trinajstić information content (AvgIpc) is 3.26. The van der Waals surface area contributed by atoms with Gasteiger partial charge in [0.15, 0.2) is 5.82 Å². The number of nitrogens with two attached hydrogens (primary N) is 1. The van der Waals surface area contributed by atoms with E-state index in [2.05, 4.69) is 10.4 Å². The molecule has 0 spiro atoms. The van der Waals surface area contributed by atoms with E-state index in [1.807, 2.05) is 5.32 Å². The van der Waals surface area contributed by atoms with Crippen LogP contribution in [0.15, 0.2) is 77.6 Å². The Labute approximate surface area is 258 Å². The van der Waals surface area contributed by atoms with Gasteiger partial charge in [0.2, 0.25) is 11.8 Å². The molecule has 0 aliphatic rings. The van der Waals surface area contributed by atoms with Crippen LogP contribution >= 0.6 is 11.6 Å². The standard InChI is InChI=1S/C30H27ClF4N6O4/c1-29(2,36)27(44)38-26(43)24(20-8-4-5-9-21(20)30(33,34)35)37-23(42)16-41-28(45)40(15-18-7-3-6-10-22(18)32)25(39-41)17-11-13-19(31)14-12-17/h3-14,24H,15-16,36H2,1-2H3,(H,37,42)(H,38,43,44). The van der Waals surface area contributed by atoms with E-state index in [0.29, 0.717) is 16.7 Å². The molecule has 0 aliphatic heterocycles. The number of benzene rings is 3. The zero-order valence-corrected chi connectivity index (χ0v) is 24.6. The molecule has 0 saturated heterocycles. The molecule has 1 heterocycles. The first-order valence-electron chi connectivity index (χ1n) is 13.3. The Kier molecular flexibility index (Phi) is 9.59. The van der Waals surface area contributed by atoms with Gasteiger partial charge in [-0.15, -0.1) is 5.10 Å². The molecular weight excluding hydrogens is 620 g/mol. The van der Waals surface area contributed by atoms with E-state index in [-0.39, 0.29) is 17.9 Å². The zero-order chi connectivity index (χ0) is 33.1. The first-order chi connectivity index (χ1) is 21.1. The van der Waals surface area contributed by atoms with Crippen LogP contribution in [0, 0.1) is 5.82 Å². The molecule has 1 aromatic heterocycles. The van der Waals surface area contributed by atoms with Gasteiger partial charge < -0.3 is 11.1 Å². The molecule has 0 fully saturated rings. The van der Waals surface area contributed by atoms with Crippen LogP contribution in [0.1, 0.15) is 36.6 Å². The molecule has 236 valence electrons. The molecule has 4 rings (SSSR count). The predicted molar refractivity (Wildman–Crippen MR) is 156 cm³/mol. The molecule has 1 atom stereocenters. The molecule has 0 bridgehead atoms. The fourth-order valence-electron chi connectivity index (χ4n) is 4.28. The van der Waals surface area contributed by atoms with Crippen molar-refractivity contribution >= 4 is 29.3 Å². The molecule has 15 heteroatoms. The van der Waals surface area contributed by atoms with E-state index in [1.165, 1.54) is 50.2 Å². The fourth-order valence-corrected chi connectivity index (χ4v) is 4.40. The van der Waals surface area contributed by atoms with Gasteiger partial charge in [-0.3, -0.25) is 24.3 Å².